The van der Waals surface area contributed by atoms with Crippen LogP contribution in [0.1, 0.15) is 36.3 Å². The Kier molecular flexibility index (Phi) is 4.48. The monoisotopic (exact) mass is 331 g/mol. The fourth-order valence-electron chi connectivity index (χ4n) is 2.93. The first kappa shape index (κ1) is 16.4. The minimum absolute atomic E-state index is 0.00207. The Morgan fingerprint density at radius 2 is 2.12 bits per heavy atom. The molecule has 0 radical (unpaired) electrons. The number of aryl methyl sites for hydroxylation is 2. The molecule has 0 atom stereocenters. The van der Waals surface area contributed by atoms with Gasteiger partial charge < -0.3 is 10.0 Å². The molecule has 0 saturated carbocycles. The average molecular weight is 331 g/mol. The molecule has 3 heterocycles. The van der Waals surface area contributed by atoms with E-state index in [1.807, 2.05) is 19.1 Å². The van der Waals surface area contributed by atoms with Crippen LogP contribution in [0.4, 0.5) is 0 Å². The van der Waals surface area contributed by atoms with Crippen molar-refractivity contribution >= 4 is 5.91 Å². The van der Waals surface area contributed by atoms with Crippen LogP contribution in [-0.2, 0) is 16.8 Å². The molecule has 128 valence electrons. The number of hydrogen-bond donors (Lipinski definition) is 3. The third-order valence-electron chi connectivity index (χ3n) is 4.46. The Labute approximate surface area is 138 Å². The molecule has 24 heavy (non-hydrogen) atoms. The normalized spacial score (nSPS) is 17.0. The number of likely N-dealkylation sites (tertiary alicyclic amines) is 1. The molecule has 2 aromatic rings. The zero-order valence-corrected chi connectivity index (χ0v) is 13.6. The molecule has 1 amide bonds. The highest BCUT2D eigenvalue weighted by atomic mass is 16.3. The number of amides is 1. The molecule has 0 spiro atoms. The van der Waals surface area contributed by atoms with Crippen molar-refractivity contribution < 1.29 is 9.90 Å². The fourth-order valence-corrected chi connectivity index (χ4v) is 2.93. The topological polar surface area (TPSA) is 115 Å². The van der Waals surface area contributed by atoms with Crippen LogP contribution >= 0.6 is 0 Å². The van der Waals surface area contributed by atoms with E-state index in [1.54, 1.807) is 11.1 Å². The summed E-state index contributed by atoms with van der Waals surface area (Å²) in [7, 11) is 0. The van der Waals surface area contributed by atoms with Gasteiger partial charge in [0, 0.05) is 32.1 Å². The molecule has 0 bridgehead atoms. The number of pyridine rings is 1. The lowest BCUT2D eigenvalue weighted by molar-refractivity contribution is -0.135. The molecule has 1 saturated heterocycles. The number of nitrogens with zero attached hydrogens (tertiary/aromatic N) is 3. The standard InChI is InChI=1S/C16H21N5O3/c1-11-2-3-12(17-10-11)16(24)6-8-21(9-7-16)14(22)5-4-13-18-15(23)20-19-13/h2-3,10,24H,4-9H2,1H3,(H2,18,19,20,23). The van der Waals surface area contributed by atoms with E-state index in [0.29, 0.717) is 43.9 Å². The first-order chi connectivity index (χ1) is 11.5. The fraction of sp³-hybridized carbons (Fsp3) is 0.500. The lowest BCUT2D eigenvalue weighted by atomic mass is 9.87. The predicted molar refractivity (Wildman–Crippen MR) is 86.2 cm³/mol. The maximum atomic E-state index is 12.3. The Morgan fingerprint density at radius 3 is 2.71 bits per heavy atom. The Morgan fingerprint density at radius 1 is 1.38 bits per heavy atom. The number of H-pyrrole nitrogens is 2. The van der Waals surface area contributed by atoms with Gasteiger partial charge in [-0.3, -0.25) is 14.8 Å². The van der Waals surface area contributed by atoms with Crippen LogP contribution in [0.2, 0.25) is 0 Å². The maximum absolute atomic E-state index is 12.3. The molecule has 2 aromatic heterocycles. The van der Waals surface area contributed by atoms with Gasteiger partial charge in [-0.1, -0.05) is 6.07 Å². The summed E-state index contributed by atoms with van der Waals surface area (Å²) < 4.78 is 0. The van der Waals surface area contributed by atoms with Crippen LogP contribution in [0.15, 0.2) is 23.1 Å². The molecule has 3 N–H and O–H groups in total. The number of nitrogens with one attached hydrogen (secondary N) is 2. The zero-order chi connectivity index (χ0) is 17.2. The summed E-state index contributed by atoms with van der Waals surface area (Å²) in [5.74, 6) is 0.475. The van der Waals surface area contributed by atoms with Gasteiger partial charge in [-0.15, -0.1) is 0 Å². The van der Waals surface area contributed by atoms with E-state index >= 15 is 0 Å². The largest absolute Gasteiger partial charge is 0.383 e. The second-order valence-corrected chi connectivity index (χ2v) is 6.26. The smallest absolute Gasteiger partial charge is 0.340 e. The first-order valence-corrected chi connectivity index (χ1v) is 8.03. The van der Waals surface area contributed by atoms with Gasteiger partial charge in [0.15, 0.2) is 0 Å². The van der Waals surface area contributed by atoms with Crippen LogP contribution in [0.3, 0.4) is 0 Å². The summed E-state index contributed by atoms with van der Waals surface area (Å²) in [6.45, 7) is 2.93. The number of rotatable bonds is 4. The number of carbonyl (C=O) groups is 1. The zero-order valence-electron chi connectivity index (χ0n) is 13.6. The molecule has 0 aromatic carbocycles. The van der Waals surface area contributed by atoms with Gasteiger partial charge in [-0.05, 0) is 31.4 Å². The van der Waals surface area contributed by atoms with Gasteiger partial charge in [0.1, 0.15) is 11.4 Å². The summed E-state index contributed by atoms with van der Waals surface area (Å²) in [6, 6.07) is 3.78. The second-order valence-electron chi connectivity index (χ2n) is 6.26. The van der Waals surface area contributed by atoms with Gasteiger partial charge in [0.05, 0.1) is 5.69 Å². The number of piperidine rings is 1. The van der Waals surface area contributed by atoms with Crippen molar-refractivity contribution in [3.63, 3.8) is 0 Å². The molecule has 0 unspecified atom stereocenters. The number of aromatic nitrogens is 4. The summed E-state index contributed by atoms with van der Waals surface area (Å²) in [5, 5.41) is 16.9. The number of aromatic amines is 2. The molecule has 8 heteroatoms. The third kappa shape index (κ3) is 3.53. The SMILES string of the molecule is Cc1ccc(C2(O)CCN(C(=O)CCc3n[nH]c(=O)[nH]3)CC2)nc1. The van der Waals surface area contributed by atoms with Gasteiger partial charge in [-0.25, -0.2) is 9.89 Å². The predicted octanol–water partition coefficient (Wildman–Crippen LogP) is 0.244. The quantitative estimate of drug-likeness (QED) is 0.742. The summed E-state index contributed by atoms with van der Waals surface area (Å²) in [4.78, 5) is 31.8. The summed E-state index contributed by atoms with van der Waals surface area (Å²) in [5.41, 5.74) is 0.365. The first-order valence-electron chi connectivity index (χ1n) is 8.03. The molecule has 1 fully saturated rings. The van der Waals surface area contributed by atoms with Crippen molar-refractivity contribution in [3.8, 4) is 0 Å². The lowest BCUT2D eigenvalue weighted by Gasteiger charge is -2.37. The number of aliphatic hydroxyl groups is 1. The maximum Gasteiger partial charge on any atom is 0.340 e. The molecular weight excluding hydrogens is 310 g/mol. The number of carbonyl (C=O) groups excluding carboxylic acids is 1. The highest BCUT2D eigenvalue weighted by Crippen LogP contribution is 2.31. The van der Waals surface area contributed by atoms with Gasteiger partial charge in [0.2, 0.25) is 5.91 Å². The molecule has 8 nitrogen and oxygen atoms in total. The summed E-state index contributed by atoms with van der Waals surface area (Å²) in [6.07, 6.45) is 3.34. The minimum Gasteiger partial charge on any atom is -0.383 e. The average Bonchev–Trinajstić information content (AvgIpc) is 2.99. The van der Waals surface area contributed by atoms with Crippen LogP contribution in [0, 0.1) is 6.92 Å². The van der Waals surface area contributed by atoms with Crippen molar-refractivity contribution in [1.82, 2.24) is 25.1 Å². The highest BCUT2D eigenvalue weighted by molar-refractivity contribution is 5.76. The van der Waals surface area contributed by atoms with Crippen molar-refractivity contribution in [3.05, 3.63) is 45.9 Å². The molecule has 3 rings (SSSR count). The Bertz CT molecular complexity index is 757. The van der Waals surface area contributed by atoms with Gasteiger partial charge in [-0.2, -0.15) is 5.10 Å². The van der Waals surface area contributed by atoms with E-state index in [2.05, 4.69) is 20.2 Å². The van der Waals surface area contributed by atoms with Crippen molar-refractivity contribution in [2.45, 2.75) is 38.2 Å². The lowest BCUT2D eigenvalue weighted by Crippen LogP contribution is -2.45. The van der Waals surface area contributed by atoms with Gasteiger partial charge in [0.25, 0.3) is 0 Å². The molecular formula is C16H21N5O3. The summed E-state index contributed by atoms with van der Waals surface area (Å²) >= 11 is 0. The van der Waals surface area contributed by atoms with E-state index in [0.717, 1.165) is 5.56 Å². The minimum atomic E-state index is -0.974. The van der Waals surface area contributed by atoms with E-state index in [9.17, 15) is 14.7 Å². The van der Waals surface area contributed by atoms with E-state index in [4.69, 9.17) is 0 Å². The Balaban J connectivity index is 1.55. The van der Waals surface area contributed by atoms with Gasteiger partial charge >= 0.3 is 5.69 Å². The highest BCUT2D eigenvalue weighted by Gasteiger charge is 2.36. The van der Waals surface area contributed by atoms with Crippen LogP contribution in [0.5, 0.6) is 0 Å². The molecule has 1 aliphatic rings. The van der Waals surface area contributed by atoms with Crippen LogP contribution in [0.25, 0.3) is 0 Å². The van der Waals surface area contributed by atoms with Crippen LogP contribution in [-0.4, -0.2) is 49.2 Å². The van der Waals surface area contributed by atoms with Crippen molar-refractivity contribution in [2.75, 3.05) is 13.1 Å². The van der Waals surface area contributed by atoms with Crippen molar-refractivity contribution in [1.29, 1.82) is 0 Å². The third-order valence-corrected chi connectivity index (χ3v) is 4.46. The molecule has 0 aliphatic carbocycles. The van der Waals surface area contributed by atoms with E-state index < -0.39 is 5.60 Å². The molecule has 1 aliphatic heterocycles. The number of hydrogen-bond acceptors (Lipinski definition) is 5. The second kappa shape index (κ2) is 6.56. The van der Waals surface area contributed by atoms with E-state index in [-0.39, 0.29) is 18.0 Å². The van der Waals surface area contributed by atoms with E-state index in [1.165, 1.54) is 0 Å². The van der Waals surface area contributed by atoms with Crippen LogP contribution < -0.4 is 5.69 Å². The Hall–Kier alpha value is -2.48. The van der Waals surface area contributed by atoms with Crippen molar-refractivity contribution in [2.24, 2.45) is 0 Å².